The summed E-state index contributed by atoms with van der Waals surface area (Å²) in [7, 11) is -1.83. The average molecular weight is 357 g/mol. The molecule has 3 amide bonds. The number of amides is 3. The molecular formula is C16H27N3O4S. The Bertz CT molecular complexity index is 634. The smallest absolute Gasteiger partial charge is 0.317 e. The van der Waals surface area contributed by atoms with E-state index in [0.29, 0.717) is 13.0 Å². The van der Waals surface area contributed by atoms with Gasteiger partial charge >= 0.3 is 6.03 Å². The SMILES string of the molecule is CNC(=O)C1CCS(=O)(=O)C12CN(C(=O)NCC1(C)CCCC1)C2. The van der Waals surface area contributed by atoms with Crippen molar-refractivity contribution in [3.8, 4) is 0 Å². The third-order valence-electron chi connectivity index (χ3n) is 6.17. The molecule has 1 spiro atoms. The molecule has 1 saturated carbocycles. The number of hydrogen-bond acceptors (Lipinski definition) is 4. The fourth-order valence-electron chi connectivity index (χ4n) is 4.47. The predicted molar refractivity (Wildman–Crippen MR) is 90.2 cm³/mol. The van der Waals surface area contributed by atoms with E-state index in [1.54, 1.807) is 0 Å². The van der Waals surface area contributed by atoms with Gasteiger partial charge in [0.2, 0.25) is 5.91 Å². The van der Waals surface area contributed by atoms with Gasteiger partial charge in [-0.25, -0.2) is 13.2 Å². The molecule has 1 atom stereocenters. The van der Waals surface area contributed by atoms with Gasteiger partial charge < -0.3 is 15.5 Å². The van der Waals surface area contributed by atoms with Crippen molar-refractivity contribution in [2.45, 2.75) is 43.8 Å². The van der Waals surface area contributed by atoms with E-state index in [9.17, 15) is 18.0 Å². The standard InChI is InChI=1S/C16H27N3O4S/c1-15(6-3-4-7-15)9-18-14(21)19-10-16(11-19)12(13(20)17-2)5-8-24(16,22)23/h12H,3-11H2,1-2H3,(H,17,20)(H,18,21). The summed E-state index contributed by atoms with van der Waals surface area (Å²) in [5, 5.41) is 5.51. The molecule has 2 saturated heterocycles. The number of rotatable bonds is 3. The highest BCUT2D eigenvalue weighted by molar-refractivity contribution is 7.93. The molecular weight excluding hydrogens is 330 g/mol. The minimum Gasteiger partial charge on any atom is -0.359 e. The topological polar surface area (TPSA) is 95.6 Å². The largest absolute Gasteiger partial charge is 0.359 e. The quantitative estimate of drug-likeness (QED) is 0.769. The molecule has 24 heavy (non-hydrogen) atoms. The first-order chi connectivity index (χ1) is 11.2. The number of hydrogen-bond donors (Lipinski definition) is 2. The number of carbonyl (C=O) groups is 2. The Labute approximate surface area is 143 Å². The first-order valence-electron chi connectivity index (χ1n) is 8.70. The molecule has 2 heterocycles. The van der Waals surface area contributed by atoms with Crippen molar-refractivity contribution in [1.82, 2.24) is 15.5 Å². The molecule has 8 heteroatoms. The average Bonchev–Trinajstić information content (AvgIpc) is 3.04. The van der Waals surface area contributed by atoms with Crippen molar-refractivity contribution in [3.63, 3.8) is 0 Å². The van der Waals surface area contributed by atoms with Crippen LogP contribution in [0.25, 0.3) is 0 Å². The molecule has 0 aromatic carbocycles. The molecule has 136 valence electrons. The first-order valence-corrected chi connectivity index (χ1v) is 10.3. The minimum atomic E-state index is -3.35. The van der Waals surface area contributed by atoms with Crippen LogP contribution in [-0.2, 0) is 14.6 Å². The van der Waals surface area contributed by atoms with Gasteiger partial charge in [0.1, 0.15) is 4.75 Å². The van der Waals surface area contributed by atoms with Crippen LogP contribution >= 0.6 is 0 Å². The van der Waals surface area contributed by atoms with Crippen molar-refractivity contribution < 1.29 is 18.0 Å². The summed E-state index contributed by atoms with van der Waals surface area (Å²) < 4.78 is 23.8. The van der Waals surface area contributed by atoms with E-state index in [2.05, 4.69) is 17.6 Å². The lowest BCUT2D eigenvalue weighted by molar-refractivity contribution is -0.126. The van der Waals surface area contributed by atoms with Crippen molar-refractivity contribution in [2.24, 2.45) is 11.3 Å². The summed E-state index contributed by atoms with van der Waals surface area (Å²) in [6.45, 7) is 3.05. The van der Waals surface area contributed by atoms with Crippen LogP contribution in [0.15, 0.2) is 0 Å². The molecule has 1 aliphatic carbocycles. The van der Waals surface area contributed by atoms with Crippen LogP contribution in [0, 0.1) is 11.3 Å². The van der Waals surface area contributed by atoms with Crippen molar-refractivity contribution in [2.75, 3.05) is 32.4 Å². The third kappa shape index (κ3) is 2.68. The molecule has 3 rings (SSSR count). The molecule has 7 nitrogen and oxygen atoms in total. The second-order valence-corrected chi connectivity index (χ2v) is 10.3. The van der Waals surface area contributed by atoms with Gasteiger partial charge in [-0.1, -0.05) is 19.8 Å². The maximum Gasteiger partial charge on any atom is 0.317 e. The minimum absolute atomic E-state index is 0.0264. The van der Waals surface area contributed by atoms with Gasteiger partial charge in [0, 0.05) is 26.7 Å². The molecule has 2 aliphatic heterocycles. The Morgan fingerprint density at radius 3 is 2.42 bits per heavy atom. The van der Waals surface area contributed by atoms with Crippen molar-refractivity contribution >= 4 is 21.8 Å². The van der Waals surface area contributed by atoms with Gasteiger partial charge in [-0.05, 0) is 24.7 Å². The van der Waals surface area contributed by atoms with Gasteiger partial charge in [0.05, 0.1) is 11.7 Å². The molecule has 3 fully saturated rings. The van der Waals surface area contributed by atoms with Gasteiger partial charge in [-0.3, -0.25) is 4.79 Å². The Balaban J connectivity index is 1.62. The van der Waals surface area contributed by atoms with Crippen LogP contribution in [-0.4, -0.2) is 62.4 Å². The van der Waals surface area contributed by atoms with Crippen molar-refractivity contribution in [1.29, 1.82) is 0 Å². The summed E-state index contributed by atoms with van der Waals surface area (Å²) in [5.74, 6) is -0.767. The zero-order valence-corrected chi connectivity index (χ0v) is 15.2. The molecule has 0 bridgehead atoms. The fourth-order valence-corrected chi connectivity index (χ4v) is 6.78. The fraction of sp³-hybridized carbons (Fsp3) is 0.875. The Morgan fingerprint density at radius 2 is 1.83 bits per heavy atom. The zero-order chi connectivity index (χ0) is 17.6. The lowest BCUT2D eigenvalue weighted by Crippen LogP contribution is -2.71. The predicted octanol–water partition coefficient (Wildman–Crippen LogP) is 0.511. The number of likely N-dealkylation sites (tertiary alicyclic amines) is 1. The van der Waals surface area contributed by atoms with E-state index in [1.165, 1.54) is 24.8 Å². The Kier molecular flexibility index (Phi) is 4.30. The lowest BCUT2D eigenvalue weighted by Gasteiger charge is -2.49. The van der Waals surface area contributed by atoms with Crippen LogP contribution in [0.1, 0.15) is 39.0 Å². The number of nitrogens with zero attached hydrogens (tertiary/aromatic N) is 1. The number of carbonyl (C=O) groups excluding carboxylic acids is 2. The van der Waals surface area contributed by atoms with Gasteiger partial charge in [-0.15, -0.1) is 0 Å². The highest BCUT2D eigenvalue weighted by atomic mass is 32.2. The Hall–Kier alpha value is -1.31. The monoisotopic (exact) mass is 357 g/mol. The van der Waals surface area contributed by atoms with Crippen LogP contribution < -0.4 is 10.6 Å². The third-order valence-corrected chi connectivity index (χ3v) is 8.73. The van der Waals surface area contributed by atoms with E-state index in [-0.39, 0.29) is 36.2 Å². The van der Waals surface area contributed by atoms with E-state index < -0.39 is 20.5 Å². The number of sulfone groups is 1. The highest BCUT2D eigenvalue weighted by Crippen LogP contribution is 2.45. The van der Waals surface area contributed by atoms with Crippen LogP contribution in [0.2, 0.25) is 0 Å². The molecule has 0 aromatic heterocycles. The normalized spacial score (nSPS) is 29.2. The summed E-state index contributed by atoms with van der Waals surface area (Å²) in [6.07, 6.45) is 4.97. The lowest BCUT2D eigenvalue weighted by atomic mass is 9.82. The number of nitrogens with one attached hydrogen (secondary N) is 2. The second kappa shape index (κ2) is 5.89. The molecule has 0 radical (unpaired) electrons. The zero-order valence-electron chi connectivity index (χ0n) is 14.4. The summed E-state index contributed by atoms with van der Waals surface area (Å²) in [5.41, 5.74) is 0.155. The van der Waals surface area contributed by atoms with Crippen molar-refractivity contribution in [3.05, 3.63) is 0 Å². The van der Waals surface area contributed by atoms with Crippen LogP contribution in [0.4, 0.5) is 4.79 Å². The van der Waals surface area contributed by atoms with Crippen LogP contribution in [0.3, 0.4) is 0 Å². The maximum atomic E-state index is 12.4. The second-order valence-electron chi connectivity index (χ2n) is 7.87. The van der Waals surface area contributed by atoms with E-state index >= 15 is 0 Å². The molecule has 2 N–H and O–H groups in total. The highest BCUT2D eigenvalue weighted by Gasteiger charge is 2.64. The van der Waals surface area contributed by atoms with Gasteiger partial charge in [0.25, 0.3) is 0 Å². The molecule has 0 aromatic rings. The summed E-state index contributed by atoms with van der Waals surface area (Å²) in [6, 6.07) is -0.216. The molecule has 1 unspecified atom stereocenters. The van der Waals surface area contributed by atoms with Crippen LogP contribution in [0.5, 0.6) is 0 Å². The number of urea groups is 1. The summed E-state index contributed by atoms with van der Waals surface area (Å²) in [4.78, 5) is 25.9. The van der Waals surface area contributed by atoms with Gasteiger partial charge in [0.15, 0.2) is 9.84 Å². The van der Waals surface area contributed by atoms with E-state index in [4.69, 9.17) is 0 Å². The first kappa shape index (κ1) is 17.5. The maximum absolute atomic E-state index is 12.4. The molecule has 3 aliphatic rings. The summed E-state index contributed by atoms with van der Waals surface area (Å²) >= 11 is 0. The Morgan fingerprint density at radius 1 is 1.21 bits per heavy atom. The van der Waals surface area contributed by atoms with Gasteiger partial charge in [-0.2, -0.15) is 0 Å². The van der Waals surface area contributed by atoms with E-state index in [0.717, 1.165) is 12.8 Å². The van der Waals surface area contributed by atoms with E-state index in [1.807, 2.05) is 0 Å².